The molecule has 3 aromatic rings. The third-order valence-electron chi connectivity index (χ3n) is 4.23. The molecule has 7 nitrogen and oxygen atoms in total. The van der Waals surface area contributed by atoms with Crippen LogP contribution in [-0.4, -0.2) is 27.5 Å². The van der Waals surface area contributed by atoms with Crippen LogP contribution in [-0.2, 0) is 16.0 Å². The van der Waals surface area contributed by atoms with Gasteiger partial charge in [-0.15, -0.1) is 0 Å². The largest absolute Gasteiger partial charge is 0.493 e. The number of carbonyl (C=O) groups is 1. The molecule has 0 aliphatic heterocycles. The van der Waals surface area contributed by atoms with Gasteiger partial charge in [0.05, 0.1) is 12.7 Å². The summed E-state index contributed by atoms with van der Waals surface area (Å²) in [6.45, 7) is 0. The fraction of sp³-hybridized carbons (Fsp3) is 0.100. The Kier molecular flexibility index (Phi) is 4.62. The van der Waals surface area contributed by atoms with Gasteiger partial charge in [-0.3, -0.25) is 9.59 Å². The Morgan fingerprint density at radius 1 is 1.21 bits per heavy atom. The number of ether oxygens (including phenoxy) is 1. The topological polar surface area (TPSA) is 99.6 Å². The van der Waals surface area contributed by atoms with Crippen LogP contribution in [0.4, 0.5) is 5.82 Å². The van der Waals surface area contributed by atoms with Gasteiger partial charge in [-0.05, 0) is 29.4 Å². The minimum absolute atomic E-state index is 0.195. The smallest absolute Gasteiger partial charge is 0.283 e. The van der Waals surface area contributed by atoms with Gasteiger partial charge in [-0.25, -0.2) is 0 Å². The van der Waals surface area contributed by atoms with Crippen molar-refractivity contribution in [3.63, 3.8) is 0 Å². The first-order valence-electron chi connectivity index (χ1n) is 8.47. The summed E-state index contributed by atoms with van der Waals surface area (Å²) >= 11 is 1.33. The lowest BCUT2D eigenvalue weighted by atomic mass is 10.0. The number of methoxy groups -OCH3 is 1. The number of nitrogens with two attached hydrogens (primary N) is 1. The summed E-state index contributed by atoms with van der Waals surface area (Å²) in [5.41, 5.74) is 7.71. The maximum Gasteiger partial charge on any atom is 0.283 e. The van der Waals surface area contributed by atoms with Crippen molar-refractivity contribution in [3.8, 4) is 0 Å². The summed E-state index contributed by atoms with van der Waals surface area (Å²) in [7, 11) is 1.42. The number of benzene rings is 1. The monoisotopic (exact) mass is 392 g/mol. The number of carbonyl (C=O) groups excluding carboxylic acids is 1. The van der Waals surface area contributed by atoms with Crippen molar-refractivity contribution in [2.75, 3.05) is 12.8 Å². The van der Waals surface area contributed by atoms with E-state index in [1.807, 2.05) is 30.3 Å². The van der Waals surface area contributed by atoms with Crippen molar-refractivity contribution in [3.05, 3.63) is 86.4 Å². The predicted octanol–water partition coefficient (Wildman–Crippen LogP) is 2.38. The number of nitrogens with zero attached hydrogens (tertiary/aromatic N) is 3. The molecule has 4 rings (SSSR count). The molecule has 1 aromatic carbocycles. The highest BCUT2D eigenvalue weighted by Gasteiger charge is 2.16. The molecule has 0 unspecified atom stereocenters. The Hall–Kier alpha value is -3.52. The van der Waals surface area contributed by atoms with Crippen LogP contribution in [0.5, 0.6) is 0 Å². The summed E-state index contributed by atoms with van der Waals surface area (Å²) in [6, 6.07) is 9.91. The van der Waals surface area contributed by atoms with E-state index in [9.17, 15) is 9.59 Å². The van der Waals surface area contributed by atoms with Crippen LogP contribution in [0.3, 0.4) is 0 Å². The molecule has 0 atom stereocenters. The van der Waals surface area contributed by atoms with E-state index in [4.69, 9.17) is 10.5 Å². The third-order valence-corrected chi connectivity index (χ3v) is 5.14. The molecule has 140 valence electrons. The van der Waals surface area contributed by atoms with Gasteiger partial charge in [0.1, 0.15) is 10.8 Å². The van der Waals surface area contributed by atoms with Crippen molar-refractivity contribution >= 4 is 34.0 Å². The van der Waals surface area contributed by atoms with Crippen molar-refractivity contribution < 1.29 is 9.53 Å². The Morgan fingerprint density at radius 3 is 2.75 bits per heavy atom. The van der Waals surface area contributed by atoms with Crippen LogP contribution in [0.2, 0.25) is 0 Å². The summed E-state index contributed by atoms with van der Waals surface area (Å²) < 4.78 is 6.52. The zero-order valence-corrected chi connectivity index (χ0v) is 15.8. The molecular weight excluding hydrogens is 376 g/mol. The number of allylic oxidation sites excluding steroid dienone is 4. The number of rotatable bonds is 4. The number of anilines is 1. The number of fused-ring (bicyclic) bond motifs is 1. The average molecular weight is 392 g/mol. The molecule has 0 bridgehead atoms. The van der Waals surface area contributed by atoms with Gasteiger partial charge in [-0.2, -0.15) is 14.6 Å². The van der Waals surface area contributed by atoms with Gasteiger partial charge in [0.15, 0.2) is 5.76 Å². The van der Waals surface area contributed by atoms with Crippen LogP contribution in [0, 0.1) is 0 Å². The number of aromatic nitrogens is 3. The highest BCUT2D eigenvalue weighted by molar-refractivity contribution is 7.16. The standard InChI is InChI=1S/C20H16N4O3S/c1-27-16-10-13(7-8-15(16)25)9-14-18(21)24-20(22-19(14)26)28-17(23-24)11-12-5-3-2-4-6-12/h2-10H,11,21H2,1H3. The number of ketones is 1. The fourth-order valence-electron chi connectivity index (χ4n) is 2.84. The Balaban J connectivity index is 1.75. The Bertz CT molecular complexity index is 1220. The van der Waals surface area contributed by atoms with Crippen LogP contribution < -0.4 is 11.3 Å². The van der Waals surface area contributed by atoms with E-state index >= 15 is 0 Å². The molecule has 2 aromatic heterocycles. The average Bonchev–Trinajstić information content (AvgIpc) is 3.09. The number of hydrogen-bond donors (Lipinski definition) is 1. The second-order valence-electron chi connectivity index (χ2n) is 6.12. The quantitative estimate of drug-likeness (QED) is 0.732. The fourth-order valence-corrected chi connectivity index (χ4v) is 3.77. The lowest BCUT2D eigenvalue weighted by Crippen LogP contribution is -2.17. The second-order valence-corrected chi connectivity index (χ2v) is 7.16. The maximum atomic E-state index is 12.5. The van der Waals surface area contributed by atoms with Gasteiger partial charge < -0.3 is 10.5 Å². The number of hydrogen-bond acceptors (Lipinski definition) is 7. The van der Waals surface area contributed by atoms with Crippen molar-refractivity contribution in [2.45, 2.75) is 6.42 Å². The molecule has 1 aliphatic carbocycles. The molecule has 2 N–H and O–H groups in total. The van der Waals surface area contributed by atoms with E-state index < -0.39 is 5.56 Å². The minimum atomic E-state index is -0.447. The number of nitrogen functional groups attached to an aromatic ring is 1. The second kappa shape index (κ2) is 7.24. The molecule has 0 amide bonds. The molecule has 1 aliphatic rings. The van der Waals surface area contributed by atoms with E-state index in [2.05, 4.69) is 10.1 Å². The van der Waals surface area contributed by atoms with E-state index in [-0.39, 0.29) is 22.9 Å². The van der Waals surface area contributed by atoms with Gasteiger partial charge in [0.25, 0.3) is 5.56 Å². The molecule has 8 heteroatoms. The summed E-state index contributed by atoms with van der Waals surface area (Å²) in [6.07, 6.45) is 6.74. The third kappa shape index (κ3) is 3.37. The van der Waals surface area contributed by atoms with E-state index in [1.165, 1.54) is 29.0 Å². The molecule has 0 radical (unpaired) electrons. The van der Waals surface area contributed by atoms with Crippen molar-refractivity contribution in [1.82, 2.24) is 14.6 Å². The zero-order chi connectivity index (χ0) is 19.7. The highest BCUT2D eigenvalue weighted by atomic mass is 32.1. The summed E-state index contributed by atoms with van der Waals surface area (Å²) in [5.74, 6) is 0.166. The molecule has 0 fully saturated rings. The van der Waals surface area contributed by atoms with Gasteiger partial charge in [-0.1, -0.05) is 47.7 Å². The molecule has 2 heterocycles. The van der Waals surface area contributed by atoms with Crippen molar-refractivity contribution in [2.24, 2.45) is 0 Å². The minimum Gasteiger partial charge on any atom is -0.493 e. The van der Waals surface area contributed by atoms with Crippen LogP contribution in [0.25, 0.3) is 11.0 Å². The molecule has 0 saturated carbocycles. The Labute approximate surface area is 164 Å². The molecule has 0 spiro atoms. The predicted molar refractivity (Wildman–Crippen MR) is 108 cm³/mol. The lowest BCUT2D eigenvalue weighted by Gasteiger charge is -2.08. The summed E-state index contributed by atoms with van der Waals surface area (Å²) in [5, 5.41) is 5.32. The lowest BCUT2D eigenvalue weighted by molar-refractivity contribution is -0.114. The molecule has 0 saturated heterocycles. The van der Waals surface area contributed by atoms with Crippen LogP contribution in [0.15, 0.2) is 64.7 Å². The Morgan fingerprint density at radius 2 is 2.00 bits per heavy atom. The first-order valence-corrected chi connectivity index (χ1v) is 9.29. The van der Waals surface area contributed by atoms with Gasteiger partial charge in [0, 0.05) is 6.42 Å². The van der Waals surface area contributed by atoms with Crippen LogP contribution >= 0.6 is 11.3 Å². The van der Waals surface area contributed by atoms with Gasteiger partial charge >= 0.3 is 0 Å². The normalized spacial score (nSPS) is 15.2. The summed E-state index contributed by atoms with van der Waals surface area (Å²) in [4.78, 5) is 28.7. The zero-order valence-electron chi connectivity index (χ0n) is 15.0. The van der Waals surface area contributed by atoms with E-state index in [1.54, 1.807) is 18.2 Å². The van der Waals surface area contributed by atoms with Crippen molar-refractivity contribution in [1.29, 1.82) is 0 Å². The highest BCUT2D eigenvalue weighted by Crippen LogP contribution is 2.22. The molecule has 28 heavy (non-hydrogen) atoms. The van der Waals surface area contributed by atoms with Crippen LogP contribution in [0.1, 0.15) is 16.1 Å². The van der Waals surface area contributed by atoms with E-state index in [0.717, 1.165) is 10.6 Å². The van der Waals surface area contributed by atoms with Gasteiger partial charge in [0.2, 0.25) is 10.7 Å². The molecular formula is C20H16N4O3S. The van der Waals surface area contributed by atoms with E-state index in [0.29, 0.717) is 17.0 Å². The SMILES string of the molecule is COC1=CC(=Cc2c(N)n3nc(Cc4ccccc4)sc3nc2=O)C=CC1=O. The first-order chi connectivity index (χ1) is 13.5. The first kappa shape index (κ1) is 17.9. The maximum absolute atomic E-state index is 12.5.